The molecular formula is C25H25F2N3O3. The van der Waals surface area contributed by atoms with Crippen LogP contribution in [0.1, 0.15) is 11.1 Å². The second-order valence-corrected chi connectivity index (χ2v) is 7.87. The Hall–Kier alpha value is -3.81. The van der Waals surface area contributed by atoms with Crippen LogP contribution >= 0.6 is 0 Å². The summed E-state index contributed by atoms with van der Waals surface area (Å²) >= 11 is 0. The number of hydrogen-bond acceptors (Lipinski definition) is 3. The molecule has 3 amide bonds. The van der Waals surface area contributed by atoms with Gasteiger partial charge in [0, 0.05) is 20.5 Å². The number of rotatable bonds is 8. The molecule has 8 heteroatoms. The Morgan fingerprint density at radius 2 is 1.55 bits per heavy atom. The van der Waals surface area contributed by atoms with E-state index in [0.717, 1.165) is 33.4 Å². The van der Waals surface area contributed by atoms with E-state index in [2.05, 4.69) is 5.32 Å². The van der Waals surface area contributed by atoms with E-state index in [9.17, 15) is 23.2 Å². The van der Waals surface area contributed by atoms with E-state index in [1.54, 1.807) is 0 Å². The number of fused-ring (bicyclic) bond motifs is 1. The molecule has 0 fully saturated rings. The standard InChI is InChI=1S/C25H25F2N3O3/c1-29-24(32)22(14-16-8-10-20(26)21(27)13-16)30(2)25(33)19(23(28)31)12-15-7-9-17-5-3-4-6-18(17)11-15/h3-11,13,19,22H,12,14H2,1-2H3,(H2,28,31)(H,29,32)/t19-,22-/m1/s1. The summed E-state index contributed by atoms with van der Waals surface area (Å²) in [5.41, 5.74) is 6.63. The van der Waals surface area contributed by atoms with Gasteiger partial charge in [0.05, 0.1) is 0 Å². The summed E-state index contributed by atoms with van der Waals surface area (Å²) in [6.45, 7) is 0. The van der Waals surface area contributed by atoms with Gasteiger partial charge in [-0.3, -0.25) is 14.4 Å². The summed E-state index contributed by atoms with van der Waals surface area (Å²) in [7, 11) is 2.79. The maximum absolute atomic E-state index is 13.6. The van der Waals surface area contributed by atoms with E-state index in [-0.39, 0.29) is 12.8 Å². The zero-order valence-corrected chi connectivity index (χ0v) is 18.3. The van der Waals surface area contributed by atoms with Crippen molar-refractivity contribution in [2.24, 2.45) is 11.7 Å². The molecule has 0 saturated heterocycles. The van der Waals surface area contributed by atoms with Gasteiger partial charge >= 0.3 is 0 Å². The van der Waals surface area contributed by atoms with Crippen molar-refractivity contribution in [3.8, 4) is 0 Å². The Balaban J connectivity index is 1.85. The molecule has 0 aromatic heterocycles. The fourth-order valence-electron chi connectivity index (χ4n) is 3.77. The summed E-state index contributed by atoms with van der Waals surface area (Å²) in [4.78, 5) is 39.1. The average Bonchev–Trinajstić information content (AvgIpc) is 2.81. The van der Waals surface area contributed by atoms with Gasteiger partial charge in [-0.15, -0.1) is 0 Å². The van der Waals surface area contributed by atoms with Gasteiger partial charge in [0.15, 0.2) is 11.6 Å². The van der Waals surface area contributed by atoms with Crippen molar-refractivity contribution in [3.05, 3.63) is 83.4 Å². The van der Waals surface area contributed by atoms with Crippen LogP contribution in [0, 0.1) is 17.6 Å². The zero-order valence-electron chi connectivity index (χ0n) is 18.3. The third-order valence-electron chi connectivity index (χ3n) is 5.67. The smallest absolute Gasteiger partial charge is 0.242 e. The second kappa shape index (κ2) is 10.2. The monoisotopic (exact) mass is 453 g/mol. The minimum absolute atomic E-state index is 0.0645. The lowest BCUT2D eigenvalue weighted by atomic mass is 9.94. The van der Waals surface area contributed by atoms with Gasteiger partial charge in [0.1, 0.15) is 12.0 Å². The summed E-state index contributed by atoms with van der Waals surface area (Å²) in [6.07, 6.45) is -0.00441. The lowest BCUT2D eigenvalue weighted by Gasteiger charge is -2.29. The van der Waals surface area contributed by atoms with Crippen molar-refractivity contribution in [2.45, 2.75) is 18.9 Å². The fraction of sp³-hybridized carbons (Fsp3) is 0.240. The van der Waals surface area contributed by atoms with Gasteiger partial charge in [-0.25, -0.2) is 8.78 Å². The number of primary amides is 1. The van der Waals surface area contributed by atoms with Crippen molar-refractivity contribution < 1.29 is 23.2 Å². The van der Waals surface area contributed by atoms with Gasteiger partial charge in [-0.1, -0.05) is 48.5 Å². The van der Waals surface area contributed by atoms with E-state index in [1.807, 2.05) is 42.5 Å². The third kappa shape index (κ3) is 5.52. The average molecular weight is 453 g/mol. The number of benzene rings is 3. The fourth-order valence-corrected chi connectivity index (χ4v) is 3.77. The molecule has 2 atom stereocenters. The van der Waals surface area contributed by atoms with Gasteiger partial charge < -0.3 is 16.0 Å². The highest BCUT2D eigenvalue weighted by Gasteiger charge is 2.34. The molecule has 0 aliphatic heterocycles. The van der Waals surface area contributed by atoms with Crippen molar-refractivity contribution in [2.75, 3.05) is 14.1 Å². The number of nitrogens with zero attached hydrogens (tertiary/aromatic N) is 1. The van der Waals surface area contributed by atoms with E-state index in [4.69, 9.17) is 5.73 Å². The third-order valence-corrected chi connectivity index (χ3v) is 5.67. The molecule has 0 saturated carbocycles. The van der Waals surface area contributed by atoms with E-state index < -0.39 is 41.3 Å². The van der Waals surface area contributed by atoms with Crippen LogP contribution in [0.3, 0.4) is 0 Å². The first kappa shape index (κ1) is 23.8. The topological polar surface area (TPSA) is 92.5 Å². The highest BCUT2D eigenvalue weighted by molar-refractivity contribution is 6.01. The van der Waals surface area contributed by atoms with Crippen molar-refractivity contribution >= 4 is 28.5 Å². The molecule has 0 spiro atoms. The van der Waals surface area contributed by atoms with Crippen LogP contribution in [0.4, 0.5) is 8.78 Å². The van der Waals surface area contributed by atoms with Crippen molar-refractivity contribution in [3.63, 3.8) is 0 Å². The Labute approximate surface area is 190 Å². The van der Waals surface area contributed by atoms with Crippen LogP contribution in [-0.2, 0) is 27.2 Å². The number of hydrogen-bond donors (Lipinski definition) is 2. The molecule has 172 valence electrons. The van der Waals surface area contributed by atoms with Crippen LogP contribution in [0.5, 0.6) is 0 Å². The highest BCUT2D eigenvalue weighted by Crippen LogP contribution is 2.20. The lowest BCUT2D eigenvalue weighted by Crippen LogP contribution is -2.52. The maximum atomic E-state index is 13.6. The highest BCUT2D eigenvalue weighted by atomic mass is 19.2. The largest absolute Gasteiger partial charge is 0.369 e. The molecule has 3 aromatic rings. The van der Waals surface area contributed by atoms with Crippen LogP contribution in [0.15, 0.2) is 60.7 Å². The molecule has 0 radical (unpaired) electrons. The minimum atomic E-state index is -1.20. The normalized spacial score (nSPS) is 12.7. The Morgan fingerprint density at radius 3 is 2.18 bits per heavy atom. The lowest BCUT2D eigenvalue weighted by molar-refractivity contribution is -0.145. The van der Waals surface area contributed by atoms with Crippen LogP contribution < -0.4 is 11.1 Å². The number of nitrogens with two attached hydrogens (primary N) is 1. The van der Waals surface area contributed by atoms with Gasteiger partial charge in [0.2, 0.25) is 17.7 Å². The number of carbonyl (C=O) groups excluding carboxylic acids is 3. The summed E-state index contributed by atoms with van der Waals surface area (Å²) in [6, 6.07) is 15.5. The first-order valence-electron chi connectivity index (χ1n) is 10.4. The molecule has 0 aliphatic rings. The molecule has 3 rings (SSSR count). The number of halogens is 2. The number of carbonyl (C=O) groups is 3. The van der Waals surface area contributed by atoms with Gasteiger partial charge in [-0.2, -0.15) is 0 Å². The molecule has 0 heterocycles. The van der Waals surface area contributed by atoms with Crippen molar-refractivity contribution in [1.82, 2.24) is 10.2 Å². The molecule has 0 aliphatic carbocycles. The molecular weight excluding hydrogens is 428 g/mol. The molecule has 0 unspecified atom stereocenters. The predicted molar refractivity (Wildman–Crippen MR) is 121 cm³/mol. The van der Waals surface area contributed by atoms with E-state index in [1.165, 1.54) is 20.2 Å². The maximum Gasteiger partial charge on any atom is 0.242 e. The first-order valence-corrected chi connectivity index (χ1v) is 10.4. The Morgan fingerprint density at radius 1 is 0.909 bits per heavy atom. The molecule has 3 aromatic carbocycles. The quantitative estimate of drug-likeness (QED) is 0.514. The molecule has 33 heavy (non-hydrogen) atoms. The van der Waals surface area contributed by atoms with E-state index >= 15 is 0 Å². The van der Waals surface area contributed by atoms with Gasteiger partial charge in [-0.05, 0) is 40.5 Å². The summed E-state index contributed by atoms with van der Waals surface area (Å²) in [5.74, 6) is -5.22. The van der Waals surface area contributed by atoms with E-state index in [0.29, 0.717) is 5.56 Å². The van der Waals surface area contributed by atoms with Crippen LogP contribution in [-0.4, -0.2) is 42.8 Å². The number of amides is 3. The van der Waals surface area contributed by atoms with Crippen molar-refractivity contribution in [1.29, 1.82) is 0 Å². The molecule has 3 N–H and O–H groups in total. The van der Waals surface area contributed by atoms with Crippen LogP contribution in [0.2, 0.25) is 0 Å². The molecule has 6 nitrogen and oxygen atoms in total. The Bertz CT molecular complexity index is 1200. The Kier molecular flexibility index (Phi) is 7.37. The second-order valence-electron chi connectivity index (χ2n) is 7.87. The molecule has 0 bridgehead atoms. The SMILES string of the molecule is CNC(=O)[C@@H](Cc1ccc(F)c(F)c1)N(C)C(=O)[C@H](Cc1ccc2ccccc2c1)C(N)=O. The minimum Gasteiger partial charge on any atom is -0.369 e. The predicted octanol–water partition coefficient (Wildman–Crippen LogP) is 2.58. The van der Waals surface area contributed by atoms with Gasteiger partial charge in [0.25, 0.3) is 0 Å². The zero-order chi connectivity index (χ0) is 24.1. The van der Waals surface area contributed by atoms with Crippen LogP contribution in [0.25, 0.3) is 10.8 Å². The number of nitrogens with one attached hydrogen (secondary N) is 1. The number of likely N-dealkylation sites (N-methyl/N-ethyl adjacent to an activating group) is 2. The summed E-state index contributed by atoms with van der Waals surface area (Å²) in [5, 5.41) is 4.45. The first-order chi connectivity index (χ1) is 15.7. The summed E-state index contributed by atoms with van der Waals surface area (Å²) < 4.78 is 26.9.